The summed E-state index contributed by atoms with van der Waals surface area (Å²) in [6.07, 6.45) is -0.808. The molecule has 3 aromatic rings. The Morgan fingerprint density at radius 2 is 1.74 bits per heavy atom. The van der Waals surface area contributed by atoms with Crippen LogP contribution in [0.1, 0.15) is 18.6 Å². The van der Waals surface area contributed by atoms with E-state index in [2.05, 4.69) is 0 Å². The van der Waals surface area contributed by atoms with Gasteiger partial charge in [0.1, 0.15) is 17.4 Å². The first kappa shape index (κ1) is 18.5. The zero-order valence-corrected chi connectivity index (χ0v) is 14.2. The van der Waals surface area contributed by atoms with Crippen LogP contribution in [0.5, 0.6) is 11.5 Å². The summed E-state index contributed by atoms with van der Waals surface area (Å²) in [5, 5.41) is 20.9. The lowest BCUT2D eigenvalue weighted by atomic mass is 10.0. The van der Waals surface area contributed by atoms with Crippen molar-refractivity contribution in [2.75, 3.05) is 0 Å². The number of hydrogen-bond acceptors (Lipinski definition) is 4. The number of hydrogen-bond donors (Lipinski definition) is 1. The normalized spacial score (nSPS) is 11.9. The van der Waals surface area contributed by atoms with Crippen LogP contribution in [0, 0.1) is 21.7 Å². The van der Waals surface area contributed by atoms with Gasteiger partial charge in [-0.15, -0.1) is 0 Å². The molecule has 0 aromatic heterocycles. The second-order valence-corrected chi connectivity index (χ2v) is 5.91. The highest BCUT2D eigenvalue weighted by molar-refractivity contribution is 5.65. The Hall–Kier alpha value is -3.32. The first-order valence-electron chi connectivity index (χ1n) is 8.05. The SMILES string of the molecule is CC(O)c1ccc([N+](=O)[O-])c(Oc2ccc(-c3ccc(F)cc3F)cc2)c1. The molecule has 7 heteroatoms. The number of rotatable bonds is 5. The molecule has 1 atom stereocenters. The van der Waals surface area contributed by atoms with Gasteiger partial charge in [-0.2, -0.15) is 0 Å². The monoisotopic (exact) mass is 371 g/mol. The largest absolute Gasteiger partial charge is 0.450 e. The van der Waals surface area contributed by atoms with Gasteiger partial charge in [0.05, 0.1) is 11.0 Å². The van der Waals surface area contributed by atoms with E-state index in [4.69, 9.17) is 4.74 Å². The van der Waals surface area contributed by atoms with Crippen LogP contribution < -0.4 is 4.74 Å². The summed E-state index contributed by atoms with van der Waals surface area (Å²) in [6.45, 7) is 1.54. The molecule has 0 spiro atoms. The van der Waals surface area contributed by atoms with Gasteiger partial charge in [0, 0.05) is 17.7 Å². The molecule has 1 N–H and O–H groups in total. The third-order valence-corrected chi connectivity index (χ3v) is 3.99. The summed E-state index contributed by atoms with van der Waals surface area (Å²) < 4.78 is 32.5. The van der Waals surface area contributed by atoms with Crippen molar-refractivity contribution in [2.24, 2.45) is 0 Å². The molecule has 1 unspecified atom stereocenters. The molecule has 0 aliphatic carbocycles. The lowest BCUT2D eigenvalue weighted by Gasteiger charge is -2.11. The minimum absolute atomic E-state index is 0.0147. The zero-order valence-electron chi connectivity index (χ0n) is 14.2. The maximum atomic E-state index is 13.9. The van der Waals surface area contributed by atoms with Crippen molar-refractivity contribution in [1.82, 2.24) is 0 Å². The summed E-state index contributed by atoms with van der Waals surface area (Å²) in [5.41, 5.74) is 0.964. The van der Waals surface area contributed by atoms with E-state index in [-0.39, 0.29) is 17.0 Å². The number of benzene rings is 3. The van der Waals surface area contributed by atoms with Gasteiger partial charge in [-0.05, 0) is 54.4 Å². The Labute approximate surface area is 153 Å². The van der Waals surface area contributed by atoms with E-state index in [9.17, 15) is 24.0 Å². The molecular formula is C20H15F2NO4. The van der Waals surface area contributed by atoms with Crippen molar-refractivity contribution < 1.29 is 23.5 Å². The van der Waals surface area contributed by atoms with E-state index in [1.807, 2.05) is 0 Å². The second kappa shape index (κ2) is 7.51. The van der Waals surface area contributed by atoms with E-state index < -0.39 is 22.7 Å². The van der Waals surface area contributed by atoms with Gasteiger partial charge in [-0.3, -0.25) is 10.1 Å². The molecule has 0 aliphatic rings. The first-order valence-corrected chi connectivity index (χ1v) is 8.05. The highest BCUT2D eigenvalue weighted by Crippen LogP contribution is 2.34. The van der Waals surface area contributed by atoms with Crippen LogP contribution in [0.4, 0.5) is 14.5 Å². The van der Waals surface area contributed by atoms with Gasteiger partial charge in [0.2, 0.25) is 5.75 Å². The average molecular weight is 371 g/mol. The Bertz CT molecular complexity index is 988. The van der Waals surface area contributed by atoms with Gasteiger partial charge in [0.15, 0.2) is 0 Å². The molecule has 0 saturated heterocycles. The van der Waals surface area contributed by atoms with E-state index in [1.54, 1.807) is 12.1 Å². The van der Waals surface area contributed by atoms with Crippen molar-refractivity contribution >= 4 is 5.69 Å². The van der Waals surface area contributed by atoms with Gasteiger partial charge < -0.3 is 9.84 Å². The fourth-order valence-corrected chi connectivity index (χ4v) is 2.58. The fourth-order valence-electron chi connectivity index (χ4n) is 2.58. The first-order chi connectivity index (χ1) is 12.8. The molecule has 27 heavy (non-hydrogen) atoms. The highest BCUT2D eigenvalue weighted by atomic mass is 19.1. The smallest absolute Gasteiger partial charge is 0.311 e. The molecule has 3 aromatic carbocycles. The predicted molar refractivity (Wildman–Crippen MR) is 95.6 cm³/mol. The quantitative estimate of drug-likeness (QED) is 0.482. The average Bonchev–Trinajstić information content (AvgIpc) is 2.62. The maximum absolute atomic E-state index is 13.9. The van der Waals surface area contributed by atoms with Crippen molar-refractivity contribution in [3.05, 3.63) is 88.0 Å². The summed E-state index contributed by atoms with van der Waals surface area (Å²) in [4.78, 5) is 10.6. The fraction of sp³-hybridized carbons (Fsp3) is 0.100. The summed E-state index contributed by atoms with van der Waals surface area (Å²) >= 11 is 0. The molecule has 0 bridgehead atoms. The third kappa shape index (κ3) is 4.09. The highest BCUT2D eigenvalue weighted by Gasteiger charge is 2.18. The van der Waals surface area contributed by atoms with Gasteiger partial charge in [-0.1, -0.05) is 12.1 Å². The second-order valence-electron chi connectivity index (χ2n) is 5.91. The topological polar surface area (TPSA) is 72.6 Å². The van der Waals surface area contributed by atoms with E-state index >= 15 is 0 Å². The predicted octanol–water partition coefficient (Wildman–Crippen LogP) is 5.39. The Morgan fingerprint density at radius 3 is 2.33 bits per heavy atom. The molecule has 0 heterocycles. The Kier molecular flexibility index (Phi) is 5.14. The lowest BCUT2D eigenvalue weighted by Crippen LogP contribution is -1.97. The number of nitro groups is 1. The van der Waals surface area contributed by atoms with Crippen molar-refractivity contribution in [1.29, 1.82) is 0 Å². The molecular weight excluding hydrogens is 356 g/mol. The summed E-state index contributed by atoms with van der Waals surface area (Å²) in [5.74, 6) is -1.07. The minimum atomic E-state index is -0.808. The standard InChI is InChI=1S/C20H15F2NO4/c1-12(24)14-4-9-19(23(25)26)20(10-14)27-16-6-2-13(3-7-16)17-8-5-15(21)11-18(17)22/h2-12,24H,1H3. The molecule has 138 valence electrons. The summed E-state index contributed by atoms with van der Waals surface area (Å²) in [7, 11) is 0. The number of halogens is 2. The lowest BCUT2D eigenvalue weighted by molar-refractivity contribution is -0.385. The van der Waals surface area contributed by atoms with Crippen molar-refractivity contribution in [3.8, 4) is 22.6 Å². The molecule has 5 nitrogen and oxygen atoms in total. The van der Waals surface area contributed by atoms with Crippen LogP contribution in [0.25, 0.3) is 11.1 Å². The number of nitrogens with zero attached hydrogens (tertiary/aromatic N) is 1. The van der Waals surface area contributed by atoms with Gasteiger partial charge in [0.25, 0.3) is 0 Å². The van der Waals surface area contributed by atoms with Gasteiger partial charge >= 0.3 is 5.69 Å². The molecule has 0 saturated carbocycles. The van der Waals surface area contributed by atoms with E-state index in [1.165, 1.54) is 43.3 Å². The molecule has 3 rings (SSSR count). The Morgan fingerprint density at radius 1 is 1.04 bits per heavy atom. The molecule has 0 amide bonds. The summed E-state index contributed by atoms with van der Waals surface area (Å²) in [6, 6.07) is 13.6. The molecule has 0 fully saturated rings. The van der Waals surface area contributed by atoms with Crippen LogP contribution in [-0.2, 0) is 0 Å². The van der Waals surface area contributed by atoms with E-state index in [0.29, 0.717) is 16.9 Å². The molecule has 0 radical (unpaired) electrons. The third-order valence-electron chi connectivity index (χ3n) is 3.99. The number of nitro benzene ring substituents is 1. The van der Waals surface area contributed by atoms with Crippen LogP contribution in [0.15, 0.2) is 60.7 Å². The minimum Gasteiger partial charge on any atom is -0.450 e. The van der Waals surface area contributed by atoms with Crippen LogP contribution in [-0.4, -0.2) is 10.0 Å². The van der Waals surface area contributed by atoms with E-state index in [0.717, 1.165) is 12.1 Å². The van der Waals surface area contributed by atoms with Crippen molar-refractivity contribution in [3.63, 3.8) is 0 Å². The number of aliphatic hydroxyl groups excluding tert-OH is 1. The number of aliphatic hydroxyl groups is 1. The van der Waals surface area contributed by atoms with Gasteiger partial charge in [-0.25, -0.2) is 8.78 Å². The maximum Gasteiger partial charge on any atom is 0.311 e. The van der Waals surface area contributed by atoms with Crippen LogP contribution in [0.3, 0.4) is 0 Å². The zero-order chi connectivity index (χ0) is 19.6. The van der Waals surface area contributed by atoms with Crippen LogP contribution >= 0.6 is 0 Å². The molecule has 0 aliphatic heterocycles. The number of ether oxygens (including phenoxy) is 1. The van der Waals surface area contributed by atoms with Crippen LogP contribution in [0.2, 0.25) is 0 Å². The van der Waals surface area contributed by atoms with Crippen molar-refractivity contribution in [2.45, 2.75) is 13.0 Å². The Balaban J connectivity index is 1.90.